The van der Waals surface area contributed by atoms with Gasteiger partial charge < -0.3 is 4.74 Å². The zero-order valence-corrected chi connectivity index (χ0v) is 12.6. The predicted octanol–water partition coefficient (Wildman–Crippen LogP) is 2.48. The fourth-order valence-corrected chi connectivity index (χ4v) is 2.34. The fraction of sp³-hybridized carbons (Fsp3) is 0.929. The van der Waals surface area contributed by atoms with Crippen LogP contribution in [0.1, 0.15) is 60.8 Å². The number of ether oxygens (including phenoxy) is 1. The highest BCUT2D eigenvalue weighted by atomic mass is 16.6. The Hall–Kier alpha value is -0.610. The fourth-order valence-electron chi connectivity index (χ4n) is 2.34. The van der Waals surface area contributed by atoms with E-state index in [1.54, 1.807) is 0 Å². The number of esters is 1. The predicted molar refractivity (Wildman–Crippen MR) is 73.1 cm³/mol. The lowest BCUT2D eigenvalue weighted by Crippen LogP contribution is -2.57. The highest BCUT2D eigenvalue weighted by Gasteiger charge is 2.29. The van der Waals surface area contributed by atoms with Crippen LogP contribution in [0.15, 0.2) is 0 Å². The number of rotatable bonds is 3. The van der Waals surface area contributed by atoms with Crippen LogP contribution < -0.4 is 5.43 Å². The normalized spacial score (nSPS) is 27.9. The Morgan fingerprint density at radius 1 is 1.28 bits per heavy atom. The summed E-state index contributed by atoms with van der Waals surface area (Å²) in [6, 6.07) is 0.643. The molecule has 0 radical (unpaired) electrons. The molecule has 1 aliphatic heterocycles. The minimum Gasteiger partial charge on any atom is -0.459 e. The van der Waals surface area contributed by atoms with Crippen molar-refractivity contribution in [1.29, 1.82) is 0 Å². The molecule has 0 spiro atoms. The smallest absolute Gasteiger partial charge is 0.324 e. The van der Waals surface area contributed by atoms with E-state index in [9.17, 15) is 4.79 Å². The molecule has 0 aliphatic carbocycles. The molecule has 4 heteroatoms. The summed E-state index contributed by atoms with van der Waals surface area (Å²) in [7, 11) is 0. The lowest BCUT2D eigenvalue weighted by molar-refractivity contribution is -0.159. The minimum atomic E-state index is -0.424. The lowest BCUT2D eigenvalue weighted by Gasteiger charge is -2.40. The maximum Gasteiger partial charge on any atom is 0.324 e. The monoisotopic (exact) mass is 256 g/mol. The number of hydrazine groups is 1. The van der Waals surface area contributed by atoms with Crippen LogP contribution in [-0.2, 0) is 9.53 Å². The zero-order chi connectivity index (χ0) is 13.9. The van der Waals surface area contributed by atoms with Crippen LogP contribution in [0.5, 0.6) is 0 Å². The SMILES string of the molecule is CC(NN1C(C)CCCC1C)C(=O)OC(C)(C)C. The first-order valence-corrected chi connectivity index (χ1v) is 6.98. The van der Waals surface area contributed by atoms with Crippen LogP contribution in [0.2, 0.25) is 0 Å². The van der Waals surface area contributed by atoms with Gasteiger partial charge in [-0.15, -0.1) is 0 Å². The number of carbonyl (C=O) groups excluding carboxylic acids is 1. The Kier molecular flexibility index (Phi) is 5.17. The van der Waals surface area contributed by atoms with Gasteiger partial charge in [-0.3, -0.25) is 4.79 Å². The van der Waals surface area contributed by atoms with Gasteiger partial charge >= 0.3 is 5.97 Å². The van der Waals surface area contributed by atoms with Crippen molar-refractivity contribution in [2.24, 2.45) is 0 Å². The van der Waals surface area contributed by atoms with E-state index in [-0.39, 0.29) is 12.0 Å². The maximum absolute atomic E-state index is 11.9. The first-order valence-electron chi connectivity index (χ1n) is 6.98. The Labute approximate surface area is 111 Å². The van der Waals surface area contributed by atoms with E-state index < -0.39 is 5.60 Å². The second kappa shape index (κ2) is 6.02. The van der Waals surface area contributed by atoms with Gasteiger partial charge in [-0.05, 0) is 54.4 Å². The van der Waals surface area contributed by atoms with Crippen molar-refractivity contribution in [2.75, 3.05) is 0 Å². The second-order valence-corrected chi connectivity index (χ2v) is 6.42. The molecule has 1 aliphatic rings. The number of piperidine rings is 1. The van der Waals surface area contributed by atoms with E-state index in [0.29, 0.717) is 12.1 Å². The van der Waals surface area contributed by atoms with Crippen molar-refractivity contribution >= 4 is 5.97 Å². The highest BCUT2D eigenvalue weighted by Crippen LogP contribution is 2.20. The molecule has 1 heterocycles. The van der Waals surface area contributed by atoms with Gasteiger partial charge in [0.2, 0.25) is 0 Å². The number of carbonyl (C=O) groups is 1. The molecule has 0 aromatic rings. The molecule has 0 aromatic carbocycles. The quantitative estimate of drug-likeness (QED) is 0.788. The summed E-state index contributed by atoms with van der Waals surface area (Å²) in [6.45, 7) is 11.9. The lowest BCUT2D eigenvalue weighted by atomic mass is 10.00. The van der Waals surface area contributed by atoms with Crippen molar-refractivity contribution in [1.82, 2.24) is 10.4 Å². The molecule has 4 nitrogen and oxygen atoms in total. The highest BCUT2D eigenvalue weighted by molar-refractivity contribution is 5.75. The maximum atomic E-state index is 11.9. The van der Waals surface area contributed by atoms with Crippen LogP contribution in [0.3, 0.4) is 0 Å². The van der Waals surface area contributed by atoms with Gasteiger partial charge in [-0.1, -0.05) is 6.42 Å². The van der Waals surface area contributed by atoms with Gasteiger partial charge in [0.05, 0.1) is 0 Å². The van der Waals surface area contributed by atoms with Crippen LogP contribution in [-0.4, -0.2) is 34.7 Å². The van der Waals surface area contributed by atoms with Gasteiger partial charge in [0.1, 0.15) is 11.6 Å². The Morgan fingerprint density at radius 2 is 1.78 bits per heavy atom. The van der Waals surface area contributed by atoms with Crippen molar-refractivity contribution in [2.45, 2.75) is 84.5 Å². The van der Waals surface area contributed by atoms with E-state index in [2.05, 4.69) is 24.3 Å². The molecule has 0 saturated carbocycles. The third-order valence-corrected chi connectivity index (χ3v) is 3.30. The van der Waals surface area contributed by atoms with Crippen LogP contribution in [0, 0.1) is 0 Å². The largest absolute Gasteiger partial charge is 0.459 e. The number of nitrogens with one attached hydrogen (secondary N) is 1. The van der Waals surface area contributed by atoms with Crippen molar-refractivity contribution in [3.05, 3.63) is 0 Å². The summed E-state index contributed by atoms with van der Waals surface area (Å²) in [5.74, 6) is -0.188. The van der Waals surface area contributed by atoms with Gasteiger partial charge in [0, 0.05) is 12.1 Å². The van der Waals surface area contributed by atoms with Crippen LogP contribution >= 0.6 is 0 Å². The molecule has 0 aromatic heterocycles. The van der Waals surface area contributed by atoms with Gasteiger partial charge in [-0.25, -0.2) is 10.4 Å². The third-order valence-electron chi connectivity index (χ3n) is 3.30. The second-order valence-electron chi connectivity index (χ2n) is 6.42. The number of hydrogen-bond acceptors (Lipinski definition) is 4. The standard InChI is InChI=1S/C14H28N2O2/c1-10-8-7-9-11(2)16(10)15-12(3)13(17)18-14(4,5)6/h10-12,15H,7-9H2,1-6H3. The van der Waals surface area contributed by atoms with E-state index in [0.717, 1.165) is 0 Å². The summed E-state index contributed by atoms with van der Waals surface area (Å²) in [5, 5.41) is 2.21. The van der Waals surface area contributed by atoms with E-state index >= 15 is 0 Å². The molecule has 3 unspecified atom stereocenters. The van der Waals surface area contributed by atoms with Gasteiger partial charge in [0.15, 0.2) is 0 Å². The summed E-state index contributed by atoms with van der Waals surface area (Å²) >= 11 is 0. The molecular weight excluding hydrogens is 228 g/mol. The molecule has 106 valence electrons. The molecule has 18 heavy (non-hydrogen) atoms. The topological polar surface area (TPSA) is 41.6 Å². The first kappa shape index (κ1) is 15.4. The van der Waals surface area contributed by atoms with E-state index in [4.69, 9.17) is 4.74 Å². The van der Waals surface area contributed by atoms with E-state index in [1.807, 2.05) is 27.7 Å². The molecule has 1 rings (SSSR count). The summed E-state index contributed by atoms with van der Waals surface area (Å²) in [4.78, 5) is 11.9. The van der Waals surface area contributed by atoms with Crippen LogP contribution in [0.4, 0.5) is 0 Å². The first-order chi connectivity index (χ1) is 8.20. The molecule has 0 amide bonds. The van der Waals surface area contributed by atoms with E-state index in [1.165, 1.54) is 19.3 Å². The number of hydrogen-bond donors (Lipinski definition) is 1. The molecular formula is C14H28N2O2. The molecule has 1 fully saturated rings. The zero-order valence-electron chi connectivity index (χ0n) is 12.6. The molecule has 0 bridgehead atoms. The third kappa shape index (κ3) is 4.58. The van der Waals surface area contributed by atoms with Crippen LogP contribution in [0.25, 0.3) is 0 Å². The van der Waals surface area contributed by atoms with Gasteiger partial charge in [-0.2, -0.15) is 0 Å². The van der Waals surface area contributed by atoms with Gasteiger partial charge in [0.25, 0.3) is 0 Å². The average Bonchev–Trinajstić information content (AvgIpc) is 2.21. The molecule has 3 atom stereocenters. The number of nitrogens with zero attached hydrogens (tertiary/aromatic N) is 1. The summed E-state index contributed by atoms with van der Waals surface area (Å²) < 4.78 is 5.38. The minimum absolute atomic E-state index is 0.188. The average molecular weight is 256 g/mol. The summed E-state index contributed by atoms with van der Waals surface area (Å²) in [6.07, 6.45) is 3.62. The Morgan fingerprint density at radius 3 is 2.22 bits per heavy atom. The molecule has 1 N–H and O–H groups in total. The van der Waals surface area contributed by atoms with Crippen molar-refractivity contribution < 1.29 is 9.53 Å². The van der Waals surface area contributed by atoms with Crippen molar-refractivity contribution in [3.63, 3.8) is 0 Å². The Bertz CT molecular complexity index is 276. The summed E-state index contributed by atoms with van der Waals surface area (Å²) in [5.41, 5.74) is 2.88. The molecule has 1 saturated heterocycles. The van der Waals surface area contributed by atoms with Crippen molar-refractivity contribution in [3.8, 4) is 0 Å². The Balaban J connectivity index is 2.52.